The molecule has 0 bridgehead atoms. The first-order valence-electron chi connectivity index (χ1n) is 6.74. The Morgan fingerprint density at radius 2 is 2.29 bits per heavy atom. The average molecular weight is 235 g/mol. The van der Waals surface area contributed by atoms with E-state index in [1.54, 1.807) is 0 Å². The highest BCUT2D eigenvalue weighted by molar-refractivity contribution is 5.07. The van der Waals surface area contributed by atoms with Crippen LogP contribution in [0.25, 0.3) is 0 Å². The lowest BCUT2D eigenvalue weighted by Gasteiger charge is -2.19. The summed E-state index contributed by atoms with van der Waals surface area (Å²) in [6.07, 6.45) is 7.85. The molecule has 0 saturated heterocycles. The monoisotopic (exact) mass is 235 g/mol. The average Bonchev–Trinajstić information content (AvgIpc) is 2.70. The minimum atomic E-state index is 0.557. The zero-order valence-corrected chi connectivity index (χ0v) is 11.5. The molecule has 0 radical (unpaired) electrons. The molecule has 2 unspecified atom stereocenters. The number of hydrogen-bond acceptors (Lipinski definition) is 2. The second-order valence-corrected chi connectivity index (χ2v) is 6.02. The van der Waals surface area contributed by atoms with Crippen LogP contribution in [0.4, 0.5) is 0 Å². The molecular weight excluding hydrogens is 210 g/mol. The van der Waals surface area contributed by atoms with Crippen molar-refractivity contribution in [1.29, 1.82) is 0 Å². The van der Waals surface area contributed by atoms with Crippen molar-refractivity contribution in [3.63, 3.8) is 0 Å². The predicted molar refractivity (Wildman–Crippen MR) is 70.9 cm³/mol. The molecule has 3 heteroatoms. The van der Waals surface area contributed by atoms with Gasteiger partial charge < -0.3 is 5.32 Å². The Hall–Kier alpha value is -0.830. The third kappa shape index (κ3) is 3.09. The van der Waals surface area contributed by atoms with Gasteiger partial charge in [0.1, 0.15) is 0 Å². The SMILES string of the molecule is CCNC(CCc1cnn(C)c1)C1CC1(C)C. The largest absolute Gasteiger partial charge is 0.314 e. The van der Waals surface area contributed by atoms with Crippen LogP contribution in [0, 0.1) is 11.3 Å². The van der Waals surface area contributed by atoms with Crippen LogP contribution in [0.2, 0.25) is 0 Å². The number of hydrogen-bond donors (Lipinski definition) is 1. The number of nitrogens with zero attached hydrogens (tertiary/aromatic N) is 2. The van der Waals surface area contributed by atoms with Crippen LogP contribution in [-0.4, -0.2) is 22.4 Å². The molecule has 1 aromatic rings. The van der Waals surface area contributed by atoms with Crippen molar-refractivity contribution in [1.82, 2.24) is 15.1 Å². The quantitative estimate of drug-likeness (QED) is 0.820. The molecule has 1 aliphatic carbocycles. The summed E-state index contributed by atoms with van der Waals surface area (Å²) in [5, 5.41) is 7.88. The van der Waals surface area contributed by atoms with Crippen molar-refractivity contribution in [3.05, 3.63) is 18.0 Å². The summed E-state index contributed by atoms with van der Waals surface area (Å²) in [6, 6.07) is 0.676. The van der Waals surface area contributed by atoms with Gasteiger partial charge in [0.25, 0.3) is 0 Å². The summed E-state index contributed by atoms with van der Waals surface area (Å²) >= 11 is 0. The van der Waals surface area contributed by atoms with E-state index in [2.05, 4.69) is 37.4 Å². The summed E-state index contributed by atoms with van der Waals surface area (Å²) in [5.74, 6) is 0.860. The van der Waals surface area contributed by atoms with Gasteiger partial charge in [-0.15, -0.1) is 0 Å². The van der Waals surface area contributed by atoms with E-state index in [1.807, 2.05) is 17.9 Å². The van der Waals surface area contributed by atoms with E-state index in [4.69, 9.17) is 0 Å². The van der Waals surface area contributed by atoms with Gasteiger partial charge in [-0.3, -0.25) is 4.68 Å². The maximum Gasteiger partial charge on any atom is 0.0521 e. The molecule has 1 heterocycles. The first-order valence-corrected chi connectivity index (χ1v) is 6.74. The van der Waals surface area contributed by atoms with Gasteiger partial charge in [0, 0.05) is 19.3 Å². The lowest BCUT2D eigenvalue weighted by atomic mass is 9.98. The summed E-state index contributed by atoms with van der Waals surface area (Å²) in [4.78, 5) is 0. The van der Waals surface area contributed by atoms with Gasteiger partial charge in [0.2, 0.25) is 0 Å². The van der Waals surface area contributed by atoms with E-state index < -0.39 is 0 Å². The first-order chi connectivity index (χ1) is 8.03. The zero-order chi connectivity index (χ0) is 12.5. The maximum atomic E-state index is 4.23. The Balaban J connectivity index is 1.86. The number of aromatic nitrogens is 2. The fourth-order valence-electron chi connectivity index (χ4n) is 2.83. The molecule has 1 aromatic heterocycles. The van der Waals surface area contributed by atoms with Crippen molar-refractivity contribution in [2.45, 2.75) is 46.1 Å². The van der Waals surface area contributed by atoms with Crippen molar-refractivity contribution < 1.29 is 0 Å². The zero-order valence-electron chi connectivity index (χ0n) is 11.5. The second-order valence-electron chi connectivity index (χ2n) is 6.02. The minimum Gasteiger partial charge on any atom is -0.314 e. The van der Waals surface area contributed by atoms with Gasteiger partial charge in [0.15, 0.2) is 0 Å². The standard InChI is InChI=1S/C14H25N3/c1-5-15-13(12-8-14(12,2)3)7-6-11-9-16-17(4)10-11/h9-10,12-13,15H,5-8H2,1-4H3. The fraction of sp³-hybridized carbons (Fsp3) is 0.786. The molecule has 0 aliphatic heterocycles. The Kier molecular flexibility index (Phi) is 3.57. The molecule has 3 nitrogen and oxygen atoms in total. The topological polar surface area (TPSA) is 29.9 Å². The van der Waals surface area contributed by atoms with Gasteiger partial charge in [0.05, 0.1) is 6.20 Å². The second kappa shape index (κ2) is 4.81. The number of aryl methyl sites for hydroxylation is 2. The van der Waals surface area contributed by atoms with Crippen LogP contribution >= 0.6 is 0 Å². The van der Waals surface area contributed by atoms with Crippen molar-refractivity contribution >= 4 is 0 Å². The molecule has 2 atom stereocenters. The Morgan fingerprint density at radius 3 is 2.76 bits per heavy atom. The van der Waals surface area contributed by atoms with Gasteiger partial charge in [-0.05, 0) is 42.7 Å². The van der Waals surface area contributed by atoms with Crippen LogP contribution < -0.4 is 5.32 Å². The number of nitrogens with one attached hydrogen (secondary N) is 1. The smallest absolute Gasteiger partial charge is 0.0521 e. The molecule has 1 saturated carbocycles. The van der Waals surface area contributed by atoms with Crippen LogP contribution in [0.3, 0.4) is 0 Å². The number of rotatable bonds is 6. The van der Waals surface area contributed by atoms with Gasteiger partial charge in [-0.2, -0.15) is 5.10 Å². The Labute approximate surface area is 105 Å². The van der Waals surface area contributed by atoms with E-state index in [0.717, 1.165) is 18.9 Å². The van der Waals surface area contributed by atoms with Gasteiger partial charge >= 0.3 is 0 Å². The van der Waals surface area contributed by atoms with Crippen molar-refractivity contribution in [2.75, 3.05) is 6.54 Å². The molecule has 17 heavy (non-hydrogen) atoms. The Bertz CT molecular complexity index is 367. The van der Waals surface area contributed by atoms with Crippen LogP contribution in [0.15, 0.2) is 12.4 Å². The molecule has 1 fully saturated rings. The van der Waals surface area contributed by atoms with E-state index in [1.165, 1.54) is 18.4 Å². The van der Waals surface area contributed by atoms with Crippen LogP contribution in [0.1, 0.15) is 39.2 Å². The maximum absolute atomic E-state index is 4.23. The summed E-state index contributed by atoms with van der Waals surface area (Å²) in [5.41, 5.74) is 1.91. The lowest BCUT2D eigenvalue weighted by Crippen LogP contribution is -2.32. The predicted octanol–water partition coefficient (Wildman–Crippen LogP) is 2.38. The van der Waals surface area contributed by atoms with Crippen LogP contribution in [0.5, 0.6) is 0 Å². The minimum absolute atomic E-state index is 0.557. The molecule has 0 spiro atoms. The molecular formula is C14H25N3. The first kappa shape index (κ1) is 12.6. The molecule has 1 aliphatic rings. The fourth-order valence-corrected chi connectivity index (χ4v) is 2.83. The molecule has 1 N–H and O–H groups in total. The van der Waals surface area contributed by atoms with Crippen LogP contribution in [-0.2, 0) is 13.5 Å². The van der Waals surface area contributed by atoms with Crippen molar-refractivity contribution in [3.8, 4) is 0 Å². The molecule has 2 rings (SSSR count). The van der Waals surface area contributed by atoms with E-state index in [-0.39, 0.29) is 0 Å². The third-order valence-corrected chi connectivity index (χ3v) is 4.04. The lowest BCUT2D eigenvalue weighted by molar-refractivity contribution is 0.391. The van der Waals surface area contributed by atoms with Gasteiger partial charge in [-0.1, -0.05) is 20.8 Å². The molecule has 0 amide bonds. The summed E-state index contributed by atoms with van der Waals surface area (Å²) in [6.45, 7) is 8.04. The molecule has 0 aromatic carbocycles. The highest BCUT2D eigenvalue weighted by Crippen LogP contribution is 2.54. The highest BCUT2D eigenvalue weighted by atomic mass is 15.2. The Morgan fingerprint density at radius 1 is 1.59 bits per heavy atom. The highest BCUT2D eigenvalue weighted by Gasteiger charge is 2.49. The molecule has 96 valence electrons. The van der Waals surface area contributed by atoms with Gasteiger partial charge in [-0.25, -0.2) is 0 Å². The van der Waals surface area contributed by atoms with E-state index in [9.17, 15) is 0 Å². The summed E-state index contributed by atoms with van der Waals surface area (Å²) < 4.78 is 1.89. The van der Waals surface area contributed by atoms with E-state index >= 15 is 0 Å². The van der Waals surface area contributed by atoms with E-state index in [0.29, 0.717) is 11.5 Å². The van der Waals surface area contributed by atoms with Crippen molar-refractivity contribution in [2.24, 2.45) is 18.4 Å². The normalized spacial score (nSPS) is 23.6. The third-order valence-electron chi connectivity index (χ3n) is 4.04. The summed E-state index contributed by atoms with van der Waals surface area (Å²) in [7, 11) is 1.98.